The highest BCUT2D eigenvalue weighted by molar-refractivity contribution is 5.41. The van der Waals surface area contributed by atoms with Gasteiger partial charge in [0.05, 0.1) is 7.11 Å². The molecule has 1 saturated carbocycles. The molecule has 0 atom stereocenters. The summed E-state index contributed by atoms with van der Waals surface area (Å²) in [6.07, 6.45) is 5.33. The average Bonchev–Trinajstić information content (AvgIpc) is 2.33. The molecule has 1 aromatic carbocycles. The number of nitrogens with one attached hydrogen (secondary N) is 1. The fourth-order valence-electron chi connectivity index (χ4n) is 2.65. The minimum atomic E-state index is 0.214. The lowest BCUT2D eigenvalue weighted by Gasteiger charge is -2.41. The Kier molecular flexibility index (Phi) is 4.12. The maximum Gasteiger partial charge on any atom is 0.160 e. The summed E-state index contributed by atoms with van der Waals surface area (Å²) in [7, 11) is 1.56. The van der Waals surface area contributed by atoms with Crippen LogP contribution in [0.15, 0.2) is 18.2 Å². The van der Waals surface area contributed by atoms with Crippen molar-refractivity contribution in [2.75, 3.05) is 13.7 Å². The van der Waals surface area contributed by atoms with Gasteiger partial charge in [-0.2, -0.15) is 0 Å². The minimum Gasteiger partial charge on any atom is -0.504 e. The van der Waals surface area contributed by atoms with Crippen molar-refractivity contribution in [1.29, 1.82) is 0 Å². The van der Waals surface area contributed by atoms with Crippen molar-refractivity contribution in [1.82, 2.24) is 5.32 Å². The molecule has 100 valence electrons. The highest BCUT2D eigenvalue weighted by Crippen LogP contribution is 2.43. The lowest BCUT2D eigenvalue weighted by molar-refractivity contribution is 0.124. The summed E-state index contributed by atoms with van der Waals surface area (Å²) in [5, 5.41) is 13.2. The van der Waals surface area contributed by atoms with E-state index in [0.29, 0.717) is 11.2 Å². The van der Waals surface area contributed by atoms with Gasteiger partial charge in [-0.05, 0) is 42.4 Å². The average molecular weight is 249 g/mol. The van der Waals surface area contributed by atoms with Crippen LogP contribution in [-0.2, 0) is 6.54 Å². The van der Waals surface area contributed by atoms with E-state index in [2.05, 4.69) is 12.2 Å². The van der Waals surface area contributed by atoms with Crippen molar-refractivity contribution < 1.29 is 9.84 Å². The summed E-state index contributed by atoms with van der Waals surface area (Å²) < 4.78 is 5.03. The van der Waals surface area contributed by atoms with Crippen LogP contribution in [0, 0.1) is 5.41 Å². The molecule has 0 aromatic heterocycles. The molecule has 2 N–H and O–H groups in total. The quantitative estimate of drug-likeness (QED) is 0.814. The molecule has 1 fully saturated rings. The predicted molar refractivity (Wildman–Crippen MR) is 72.9 cm³/mol. The summed E-state index contributed by atoms with van der Waals surface area (Å²) in [5.41, 5.74) is 1.63. The third-order valence-electron chi connectivity index (χ3n) is 4.24. The van der Waals surface area contributed by atoms with Crippen LogP contribution >= 0.6 is 0 Å². The van der Waals surface area contributed by atoms with Crippen LogP contribution in [0.3, 0.4) is 0 Å². The maximum atomic E-state index is 9.70. The van der Waals surface area contributed by atoms with Crippen LogP contribution in [0.4, 0.5) is 0 Å². The van der Waals surface area contributed by atoms with Crippen LogP contribution in [0.1, 0.15) is 38.2 Å². The predicted octanol–water partition coefficient (Wildman–Crippen LogP) is 3.07. The zero-order valence-electron chi connectivity index (χ0n) is 11.3. The summed E-state index contributed by atoms with van der Waals surface area (Å²) >= 11 is 0. The number of phenols is 1. The molecule has 2 rings (SSSR count). The van der Waals surface area contributed by atoms with Crippen molar-refractivity contribution >= 4 is 0 Å². The highest BCUT2D eigenvalue weighted by Gasteiger charge is 2.34. The molecule has 18 heavy (non-hydrogen) atoms. The van der Waals surface area contributed by atoms with Gasteiger partial charge in [0, 0.05) is 13.1 Å². The molecule has 1 aliphatic carbocycles. The van der Waals surface area contributed by atoms with Crippen molar-refractivity contribution in [3.8, 4) is 11.5 Å². The van der Waals surface area contributed by atoms with Gasteiger partial charge in [0.25, 0.3) is 0 Å². The molecule has 0 bridgehead atoms. The molecule has 1 aliphatic rings. The standard InChI is InChI=1S/C15H23NO2/c1-3-15(7-4-8-15)11-16-10-12-5-6-14(18-2)13(17)9-12/h5-6,9,16-17H,3-4,7-8,10-11H2,1-2H3. The Morgan fingerprint density at radius 2 is 2.17 bits per heavy atom. The summed E-state index contributed by atoms with van der Waals surface area (Å²) in [6, 6.07) is 5.57. The van der Waals surface area contributed by atoms with E-state index < -0.39 is 0 Å². The summed E-state index contributed by atoms with van der Waals surface area (Å²) in [6.45, 7) is 4.16. The molecule has 0 spiro atoms. The van der Waals surface area contributed by atoms with Crippen LogP contribution in [0.25, 0.3) is 0 Å². The molecule has 3 nitrogen and oxygen atoms in total. The normalized spacial score (nSPS) is 17.2. The van der Waals surface area contributed by atoms with Crippen molar-refractivity contribution in [2.45, 2.75) is 39.2 Å². The Morgan fingerprint density at radius 1 is 1.39 bits per heavy atom. The highest BCUT2D eigenvalue weighted by atomic mass is 16.5. The number of rotatable bonds is 6. The molecular weight excluding hydrogens is 226 g/mol. The Hall–Kier alpha value is -1.22. The second kappa shape index (κ2) is 5.61. The lowest BCUT2D eigenvalue weighted by Crippen LogP contribution is -2.39. The molecule has 1 aromatic rings. The lowest BCUT2D eigenvalue weighted by atomic mass is 9.67. The van der Waals surface area contributed by atoms with Gasteiger partial charge in [0.15, 0.2) is 11.5 Å². The van der Waals surface area contributed by atoms with E-state index in [1.807, 2.05) is 12.1 Å². The fraction of sp³-hybridized carbons (Fsp3) is 0.600. The van der Waals surface area contributed by atoms with E-state index in [9.17, 15) is 5.11 Å². The zero-order valence-corrected chi connectivity index (χ0v) is 11.3. The SMILES string of the molecule is CCC1(CNCc2ccc(OC)c(O)c2)CCC1. The monoisotopic (exact) mass is 249 g/mol. The number of hydrogen-bond donors (Lipinski definition) is 2. The van der Waals surface area contributed by atoms with Gasteiger partial charge in [-0.1, -0.05) is 19.4 Å². The van der Waals surface area contributed by atoms with E-state index >= 15 is 0 Å². The minimum absolute atomic E-state index is 0.214. The third-order valence-corrected chi connectivity index (χ3v) is 4.24. The Labute approximate surface area is 109 Å². The number of phenolic OH excluding ortho intramolecular Hbond substituents is 1. The zero-order chi connectivity index (χ0) is 13.0. The summed E-state index contributed by atoms with van der Waals surface area (Å²) in [5.74, 6) is 0.744. The molecule has 0 amide bonds. The Balaban J connectivity index is 1.85. The van der Waals surface area contributed by atoms with E-state index in [4.69, 9.17) is 4.74 Å². The third kappa shape index (κ3) is 2.78. The van der Waals surface area contributed by atoms with Crippen LogP contribution in [-0.4, -0.2) is 18.8 Å². The second-order valence-corrected chi connectivity index (χ2v) is 5.32. The van der Waals surface area contributed by atoms with Gasteiger partial charge in [0.1, 0.15) is 0 Å². The topological polar surface area (TPSA) is 41.5 Å². The molecule has 0 unspecified atom stereocenters. The van der Waals surface area contributed by atoms with Crippen molar-refractivity contribution in [3.05, 3.63) is 23.8 Å². The smallest absolute Gasteiger partial charge is 0.160 e. The van der Waals surface area contributed by atoms with Crippen LogP contribution in [0.5, 0.6) is 11.5 Å². The molecule has 3 heteroatoms. The van der Waals surface area contributed by atoms with Gasteiger partial charge >= 0.3 is 0 Å². The van der Waals surface area contributed by atoms with Gasteiger partial charge in [0.2, 0.25) is 0 Å². The number of aromatic hydroxyl groups is 1. The van der Waals surface area contributed by atoms with Crippen molar-refractivity contribution in [3.63, 3.8) is 0 Å². The molecule has 0 saturated heterocycles. The first-order valence-electron chi connectivity index (χ1n) is 6.76. The van der Waals surface area contributed by atoms with E-state index in [-0.39, 0.29) is 5.75 Å². The fourth-order valence-corrected chi connectivity index (χ4v) is 2.65. The van der Waals surface area contributed by atoms with Crippen LogP contribution in [0.2, 0.25) is 0 Å². The number of ether oxygens (including phenoxy) is 1. The van der Waals surface area contributed by atoms with Gasteiger partial charge < -0.3 is 15.2 Å². The maximum absolute atomic E-state index is 9.70. The number of hydrogen-bond acceptors (Lipinski definition) is 3. The van der Waals surface area contributed by atoms with Gasteiger partial charge in [-0.15, -0.1) is 0 Å². The molecule has 0 heterocycles. The first-order valence-corrected chi connectivity index (χ1v) is 6.76. The second-order valence-electron chi connectivity index (χ2n) is 5.32. The first-order chi connectivity index (χ1) is 8.69. The van der Waals surface area contributed by atoms with Gasteiger partial charge in [-0.25, -0.2) is 0 Å². The van der Waals surface area contributed by atoms with E-state index in [0.717, 1.165) is 18.7 Å². The van der Waals surface area contributed by atoms with Crippen LogP contribution < -0.4 is 10.1 Å². The summed E-state index contributed by atoms with van der Waals surface area (Å²) in [4.78, 5) is 0. The molecular formula is C15H23NO2. The van der Waals surface area contributed by atoms with E-state index in [1.54, 1.807) is 13.2 Å². The number of methoxy groups -OCH3 is 1. The van der Waals surface area contributed by atoms with Gasteiger partial charge in [-0.3, -0.25) is 0 Å². The molecule has 0 aliphatic heterocycles. The largest absolute Gasteiger partial charge is 0.504 e. The number of benzene rings is 1. The molecule has 0 radical (unpaired) electrons. The van der Waals surface area contributed by atoms with Crippen molar-refractivity contribution in [2.24, 2.45) is 5.41 Å². The first kappa shape index (κ1) is 13.2. The Morgan fingerprint density at radius 3 is 2.67 bits per heavy atom. The Bertz CT molecular complexity index is 394. The van der Waals surface area contributed by atoms with E-state index in [1.165, 1.54) is 25.7 Å².